The number of aromatic nitrogens is 3. The predicted octanol–water partition coefficient (Wildman–Crippen LogP) is 1.14. The van der Waals surface area contributed by atoms with Crippen molar-refractivity contribution < 1.29 is 13.6 Å². The molecule has 0 spiro atoms. The lowest BCUT2D eigenvalue weighted by Gasteiger charge is -2.26. The van der Waals surface area contributed by atoms with Gasteiger partial charge in [0.15, 0.2) is 5.65 Å². The van der Waals surface area contributed by atoms with E-state index < -0.39 is 24.6 Å². The van der Waals surface area contributed by atoms with Crippen molar-refractivity contribution in [2.45, 2.75) is 26.3 Å². The van der Waals surface area contributed by atoms with Crippen molar-refractivity contribution in [2.75, 3.05) is 6.54 Å². The van der Waals surface area contributed by atoms with Gasteiger partial charge in [-0.1, -0.05) is 0 Å². The number of nitrogens with zero attached hydrogens (tertiary/aromatic N) is 3. The number of carbonyl (C=O) groups excluding carboxylic acids is 1. The Bertz CT molecular complexity index is 677. The second-order valence-electron chi connectivity index (χ2n) is 4.59. The zero-order valence-corrected chi connectivity index (χ0v) is 11.0. The Balaban J connectivity index is 2.46. The minimum absolute atomic E-state index is 0.111. The highest BCUT2D eigenvalue weighted by molar-refractivity contribution is 5.99. The number of carbonyl (C=O) groups is 1. The molecule has 2 rings (SSSR count). The van der Waals surface area contributed by atoms with Crippen LogP contribution in [-0.2, 0) is 0 Å². The fraction of sp³-hybridized carbons (Fsp3) is 0.417. The van der Waals surface area contributed by atoms with Gasteiger partial charge in [-0.05, 0) is 26.0 Å². The van der Waals surface area contributed by atoms with Crippen molar-refractivity contribution in [3.05, 3.63) is 34.4 Å². The summed E-state index contributed by atoms with van der Waals surface area (Å²) in [6, 6.07) is 2.57. The molecule has 2 heterocycles. The summed E-state index contributed by atoms with van der Waals surface area (Å²) in [4.78, 5) is 24.9. The predicted molar refractivity (Wildman–Crippen MR) is 68.0 cm³/mol. The fourth-order valence-electron chi connectivity index (χ4n) is 1.93. The first-order chi connectivity index (χ1) is 9.41. The largest absolute Gasteiger partial charge is 0.347 e. The van der Waals surface area contributed by atoms with E-state index in [2.05, 4.69) is 10.2 Å². The fourth-order valence-corrected chi connectivity index (χ4v) is 1.93. The highest BCUT2D eigenvalue weighted by Gasteiger charge is 2.24. The van der Waals surface area contributed by atoms with Gasteiger partial charge >= 0.3 is 5.69 Å². The zero-order chi connectivity index (χ0) is 14.9. The van der Waals surface area contributed by atoms with Gasteiger partial charge in [-0.2, -0.15) is 5.10 Å². The molecule has 0 aliphatic rings. The Kier molecular flexibility index (Phi) is 3.82. The van der Waals surface area contributed by atoms with Crippen molar-refractivity contribution in [3.8, 4) is 0 Å². The molecular formula is C12H14F2N4O2. The smallest absolute Gasteiger partial charge is 0.330 e. The van der Waals surface area contributed by atoms with Crippen LogP contribution in [0.25, 0.3) is 5.65 Å². The summed E-state index contributed by atoms with van der Waals surface area (Å²) in [6.45, 7) is 2.64. The Morgan fingerprint density at radius 1 is 1.50 bits per heavy atom. The Hall–Kier alpha value is -2.25. The van der Waals surface area contributed by atoms with Crippen LogP contribution in [0.3, 0.4) is 0 Å². The summed E-state index contributed by atoms with van der Waals surface area (Å²) in [5, 5.41) is 5.97. The first-order valence-electron chi connectivity index (χ1n) is 6.06. The van der Waals surface area contributed by atoms with Crippen LogP contribution in [0.4, 0.5) is 8.78 Å². The van der Waals surface area contributed by atoms with Gasteiger partial charge in [0, 0.05) is 12.2 Å². The second kappa shape index (κ2) is 5.40. The van der Waals surface area contributed by atoms with E-state index in [-0.39, 0.29) is 17.3 Å². The standard InChI is InChI=1S/C12H14F2N4O2/c1-7(2)18(6-9(13)14)11(19)8-4-3-5-17-10(8)15-16-12(17)20/h3-5,7,9H,6H2,1-2H3,(H,16,20). The van der Waals surface area contributed by atoms with E-state index >= 15 is 0 Å². The van der Waals surface area contributed by atoms with Gasteiger partial charge in [-0.3, -0.25) is 4.79 Å². The Morgan fingerprint density at radius 3 is 2.80 bits per heavy atom. The van der Waals surface area contributed by atoms with Crippen LogP contribution < -0.4 is 5.69 Å². The average molecular weight is 284 g/mol. The Morgan fingerprint density at radius 2 is 2.20 bits per heavy atom. The maximum Gasteiger partial charge on any atom is 0.347 e. The number of amides is 1. The van der Waals surface area contributed by atoms with E-state index in [1.165, 1.54) is 18.3 Å². The molecule has 0 saturated heterocycles. The number of hydrogen-bond donors (Lipinski definition) is 1. The second-order valence-corrected chi connectivity index (χ2v) is 4.59. The number of nitrogens with one attached hydrogen (secondary N) is 1. The maximum atomic E-state index is 12.6. The first-order valence-corrected chi connectivity index (χ1v) is 6.06. The third-order valence-electron chi connectivity index (χ3n) is 2.89. The van der Waals surface area contributed by atoms with Crippen LogP contribution in [-0.4, -0.2) is 44.4 Å². The minimum Gasteiger partial charge on any atom is -0.330 e. The summed E-state index contributed by atoms with van der Waals surface area (Å²) in [5.74, 6) is -0.579. The number of hydrogen-bond acceptors (Lipinski definition) is 3. The highest BCUT2D eigenvalue weighted by Crippen LogP contribution is 2.13. The van der Waals surface area contributed by atoms with Crippen molar-refractivity contribution in [2.24, 2.45) is 0 Å². The van der Waals surface area contributed by atoms with Gasteiger partial charge < -0.3 is 4.90 Å². The molecule has 0 bridgehead atoms. The van der Waals surface area contributed by atoms with E-state index in [0.717, 1.165) is 9.30 Å². The van der Waals surface area contributed by atoms with Crippen LogP contribution in [0.5, 0.6) is 0 Å². The van der Waals surface area contributed by atoms with E-state index in [1.807, 2.05) is 0 Å². The molecule has 1 amide bonds. The molecule has 8 heteroatoms. The van der Waals surface area contributed by atoms with Crippen molar-refractivity contribution in [3.63, 3.8) is 0 Å². The first kappa shape index (κ1) is 14.2. The van der Waals surface area contributed by atoms with Gasteiger partial charge in [0.2, 0.25) is 0 Å². The molecule has 20 heavy (non-hydrogen) atoms. The normalized spacial score (nSPS) is 11.5. The van der Waals surface area contributed by atoms with Crippen LogP contribution in [0.15, 0.2) is 23.1 Å². The van der Waals surface area contributed by atoms with Crippen LogP contribution >= 0.6 is 0 Å². The summed E-state index contributed by atoms with van der Waals surface area (Å²) in [6.07, 6.45) is -1.17. The van der Waals surface area contributed by atoms with Gasteiger partial charge in [0.05, 0.1) is 12.1 Å². The van der Waals surface area contributed by atoms with Gasteiger partial charge in [0.1, 0.15) is 0 Å². The average Bonchev–Trinajstić information content (AvgIpc) is 2.77. The summed E-state index contributed by atoms with van der Waals surface area (Å²) in [5.41, 5.74) is -0.248. The number of aromatic amines is 1. The monoisotopic (exact) mass is 284 g/mol. The lowest BCUT2D eigenvalue weighted by atomic mass is 10.2. The summed E-state index contributed by atoms with van der Waals surface area (Å²) in [7, 11) is 0. The molecule has 0 fully saturated rings. The third kappa shape index (κ3) is 2.54. The third-order valence-corrected chi connectivity index (χ3v) is 2.89. The number of alkyl halides is 2. The SMILES string of the molecule is CC(C)N(CC(F)F)C(=O)c1cccn2c(=O)[nH]nc12. The molecule has 0 aliphatic carbocycles. The van der Waals surface area contributed by atoms with E-state index in [4.69, 9.17) is 0 Å². The van der Waals surface area contributed by atoms with Gasteiger partial charge in [-0.25, -0.2) is 23.1 Å². The molecular weight excluding hydrogens is 270 g/mol. The number of halogens is 2. The Labute approximate surface area is 113 Å². The van der Waals surface area contributed by atoms with Crippen LogP contribution in [0.2, 0.25) is 0 Å². The minimum atomic E-state index is -2.62. The quantitative estimate of drug-likeness (QED) is 0.915. The van der Waals surface area contributed by atoms with Gasteiger partial charge in [-0.15, -0.1) is 0 Å². The number of fused-ring (bicyclic) bond motifs is 1. The zero-order valence-electron chi connectivity index (χ0n) is 11.0. The van der Waals surface area contributed by atoms with Crippen molar-refractivity contribution in [1.82, 2.24) is 19.5 Å². The highest BCUT2D eigenvalue weighted by atomic mass is 19.3. The number of H-pyrrole nitrogens is 1. The molecule has 2 aromatic rings. The molecule has 0 aliphatic heterocycles. The van der Waals surface area contributed by atoms with E-state index in [9.17, 15) is 18.4 Å². The molecule has 108 valence electrons. The lowest BCUT2D eigenvalue weighted by Crippen LogP contribution is -2.40. The van der Waals surface area contributed by atoms with Crippen LogP contribution in [0.1, 0.15) is 24.2 Å². The summed E-state index contributed by atoms with van der Waals surface area (Å²) < 4.78 is 26.3. The van der Waals surface area contributed by atoms with E-state index in [0.29, 0.717) is 0 Å². The molecule has 1 N–H and O–H groups in total. The molecule has 6 nitrogen and oxygen atoms in total. The summed E-state index contributed by atoms with van der Waals surface area (Å²) >= 11 is 0. The molecule has 0 saturated carbocycles. The van der Waals surface area contributed by atoms with Crippen molar-refractivity contribution >= 4 is 11.6 Å². The molecule has 0 atom stereocenters. The molecule has 0 aromatic carbocycles. The van der Waals surface area contributed by atoms with E-state index in [1.54, 1.807) is 13.8 Å². The maximum absolute atomic E-state index is 12.6. The topological polar surface area (TPSA) is 70.5 Å². The van der Waals surface area contributed by atoms with Gasteiger partial charge in [0.25, 0.3) is 12.3 Å². The van der Waals surface area contributed by atoms with Crippen molar-refractivity contribution in [1.29, 1.82) is 0 Å². The lowest BCUT2D eigenvalue weighted by molar-refractivity contribution is 0.0477. The molecule has 0 unspecified atom stereocenters. The van der Waals surface area contributed by atoms with Crippen LogP contribution in [0, 0.1) is 0 Å². The number of rotatable bonds is 4. The molecule has 0 radical (unpaired) electrons. The number of pyridine rings is 1. The molecule has 2 aromatic heterocycles.